The van der Waals surface area contributed by atoms with Crippen molar-refractivity contribution in [2.24, 2.45) is 0 Å². The van der Waals surface area contributed by atoms with Gasteiger partial charge in [-0.05, 0) is 36.4 Å². The number of carbonyl (C=O) groups is 1. The minimum absolute atomic E-state index is 0.201. The van der Waals surface area contributed by atoms with E-state index >= 15 is 0 Å². The minimum Gasteiger partial charge on any atom is -0.497 e. The third kappa shape index (κ3) is 4.29. The number of carbonyl (C=O) groups excluding carboxylic acids is 1. The Morgan fingerprint density at radius 1 is 1.00 bits per heavy atom. The van der Waals surface area contributed by atoms with Gasteiger partial charge in [-0.2, -0.15) is 0 Å². The highest BCUT2D eigenvalue weighted by atomic mass is 16.5. The van der Waals surface area contributed by atoms with Crippen molar-refractivity contribution in [1.29, 1.82) is 0 Å². The van der Waals surface area contributed by atoms with E-state index in [2.05, 4.69) is 37.3 Å². The summed E-state index contributed by atoms with van der Waals surface area (Å²) in [5, 5.41) is 7.22. The number of anilines is 3. The van der Waals surface area contributed by atoms with Crippen LogP contribution in [0.3, 0.4) is 0 Å². The van der Waals surface area contributed by atoms with Crippen molar-refractivity contribution in [2.45, 2.75) is 6.54 Å². The Balaban J connectivity index is 1.31. The fraction of sp³-hybridized carbons (Fsp3) is 0.250. The fourth-order valence-corrected chi connectivity index (χ4v) is 4.09. The molecule has 34 heavy (non-hydrogen) atoms. The molecule has 1 aliphatic heterocycles. The Bertz CT molecular complexity index is 1340. The van der Waals surface area contributed by atoms with Gasteiger partial charge in [-0.1, -0.05) is 18.2 Å². The van der Waals surface area contributed by atoms with E-state index in [1.807, 2.05) is 18.2 Å². The van der Waals surface area contributed by atoms with Gasteiger partial charge >= 0.3 is 5.69 Å². The third-order valence-corrected chi connectivity index (χ3v) is 5.85. The average molecular weight is 460 g/mol. The van der Waals surface area contributed by atoms with E-state index in [4.69, 9.17) is 4.74 Å². The molecule has 4 aromatic rings. The van der Waals surface area contributed by atoms with Gasteiger partial charge in [-0.3, -0.25) is 4.79 Å². The largest absolute Gasteiger partial charge is 0.497 e. The van der Waals surface area contributed by atoms with Crippen LogP contribution in [0.1, 0.15) is 0 Å². The normalized spacial score (nSPS) is 13.8. The maximum Gasteiger partial charge on any atom is 0.350 e. The van der Waals surface area contributed by atoms with Crippen LogP contribution in [0.25, 0.3) is 5.65 Å². The molecule has 1 fully saturated rings. The lowest BCUT2D eigenvalue weighted by Gasteiger charge is -2.36. The topological polar surface area (TPSA) is 97.0 Å². The second-order valence-corrected chi connectivity index (χ2v) is 7.97. The molecule has 174 valence electrons. The van der Waals surface area contributed by atoms with Gasteiger partial charge in [0.15, 0.2) is 5.82 Å². The van der Waals surface area contributed by atoms with Gasteiger partial charge in [-0.25, -0.2) is 18.9 Å². The second-order valence-electron chi connectivity index (χ2n) is 7.97. The molecule has 1 amide bonds. The molecule has 0 unspecified atom stereocenters. The Morgan fingerprint density at radius 2 is 1.71 bits per heavy atom. The van der Waals surface area contributed by atoms with Gasteiger partial charge in [0.1, 0.15) is 12.3 Å². The van der Waals surface area contributed by atoms with Gasteiger partial charge in [-0.15, -0.1) is 5.10 Å². The van der Waals surface area contributed by atoms with Crippen LogP contribution in [0.5, 0.6) is 5.75 Å². The number of hydrogen-bond acceptors (Lipinski definition) is 7. The Morgan fingerprint density at radius 3 is 2.41 bits per heavy atom. The molecule has 3 heterocycles. The molecule has 0 aliphatic carbocycles. The number of piperazine rings is 1. The molecule has 0 atom stereocenters. The highest BCUT2D eigenvalue weighted by Crippen LogP contribution is 2.21. The number of nitrogens with one attached hydrogen (secondary N) is 1. The van der Waals surface area contributed by atoms with E-state index in [0.717, 1.165) is 26.2 Å². The summed E-state index contributed by atoms with van der Waals surface area (Å²) >= 11 is 0. The highest BCUT2D eigenvalue weighted by Gasteiger charge is 2.22. The molecule has 1 saturated heterocycles. The summed E-state index contributed by atoms with van der Waals surface area (Å²) in [4.78, 5) is 34.4. The van der Waals surface area contributed by atoms with E-state index < -0.39 is 0 Å². The summed E-state index contributed by atoms with van der Waals surface area (Å²) in [5.74, 6) is 0.988. The van der Waals surface area contributed by atoms with Crippen LogP contribution in [0.4, 0.5) is 17.2 Å². The summed E-state index contributed by atoms with van der Waals surface area (Å²) in [6, 6.07) is 17.3. The summed E-state index contributed by atoms with van der Waals surface area (Å²) in [7, 11) is 1.58. The second kappa shape index (κ2) is 9.26. The molecule has 0 spiro atoms. The lowest BCUT2D eigenvalue weighted by atomic mass is 10.2. The van der Waals surface area contributed by atoms with Crippen LogP contribution in [-0.4, -0.2) is 58.4 Å². The fourth-order valence-electron chi connectivity index (χ4n) is 4.09. The Kier molecular flexibility index (Phi) is 5.86. The minimum atomic E-state index is -0.383. The number of ether oxygens (including phenoxy) is 1. The first-order valence-corrected chi connectivity index (χ1v) is 11.1. The number of nitrogens with zero attached hydrogens (tertiary/aromatic N) is 6. The number of benzene rings is 2. The van der Waals surface area contributed by atoms with Crippen LogP contribution in [0.15, 0.2) is 71.8 Å². The molecule has 10 nitrogen and oxygen atoms in total. The van der Waals surface area contributed by atoms with Crippen molar-refractivity contribution in [2.75, 3.05) is 48.4 Å². The first-order valence-electron chi connectivity index (χ1n) is 11.1. The van der Waals surface area contributed by atoms with Crippen molar-refractivity contribution in [3.8, 4) is 5.75 Å². The zero-order valence-corrected chi connectivity index (χ0v) is 18.8. The maximum atomic E-state index is 12.9. The number of fused-ring (bicyclic) bond motifs is 1. The SMILES string of the molecule is COc1ccc(NC(=O)Cn2nc3c(N4CCN(c5ccccc5)CC4)nccn3c2=O)cc1. The van der Waals surface area contributed by atoms with E-state index in [-0.39, 0.29) is 18.1 Å². The predicted molar refractivity (Wildman–Crippen MR) is 130 cm³/mol. The first-order chi connectivity index (χ1) is 16.6. The van der Waals surface area contributed by atoms with E-state index in [1.54, 1.807) is 43.8 Å². The van der Waals surface area contributed by atoms with Crippen molar-refractivity contribution >= 4 is 28.7 Å². The summed E-state index contributed by atoms with van der Waals surface area (Å²) < 4.78 is 7.73. The monoisotopic (exact) mass is 459 g/mol. The van der Waals surface area contributed by atoms with Crippen molar-refractivity contribution in [3.63, 3.8) is 0 Å². The van der Waals surface area contributed by atoms with Gasteiger partial charge in [0, 0.05) is 49.9 Å². The van der Waals surface area contributed by atoms with Crippen LogP contribution in [0.2, 0.25) is 0 Å². The standard InChI is InChI=1S/C24H25N7O3/c1-34-20-9-7-18(8-10-20)26-21(32)17-31-24(33)30-12-11-25-22(23(30)27-31)29-15-13-28(14-16-29)19-5-3-2-4-6-19/h2-12H,13-17H2,1H3,(H,26,32). The summed E-state index contributed by atoms with van der Waals surface area (Å²) in [5.41, 5.74) is 1.86. The molecule has 2 aromatic carbocycles. The summed E-state index contributed by atoms with van der Waals surface area (Å²) in [6.07, 6.45) is 3.17. The summed E-state index contributed by atoms with van der Waals surface area (Å²) in [6.45, 7) is 2.97. The number of hydrogen-bond donors (Lipinski definition) is 1. The smallest absolute Gasteiger partial charge is 0.350 e. The highest BCUT2D eigenvalue weighted by molar-refractivity contribution is 5.90. The first kappa shape index (κ1) is 21.5. The van der Waals surface area contributed by atoms with Gasteiger partial charge < -0.3 is 19.9 Å². The molecule has 1 aliphatic rings. The molecule has 1 N–H and O–H groups in total. The van der Waals surface area contributed by atoms with Crippen LogP contribution < -0.4 is 25.5 Å². The molecule has 2 aromatic heterocycles. The molecular formula is C24H25N7O3. The zero-order valence-electron chi connectivity index (χ0n) is 18.8. The average Bonchev–Trinajstić information content (AvgIpc) is 3.20. The molecule has 0 bridgehead atoms. The number of amides is 1. The number of para-hydroxylation sites is 1. The Hall–Kier alpha value is -4.34. The Labute approximate surface area is 196 Å². The molecule has 5 rings (SSSR count). The predicted octanol–water partition coefficient (Wildman–Crippen LogP) is 1.86. The van der Waals surface area contributed by atoms with Crippen molar-refractivity contribution in [3.05, 3.63) is 77.5 Å². The number of aromatic nitrogens is 4. The third-order valence-electron chi connectivity index (χ3n) is 5.85. The van der Waals surface area contributed by atoms with E-state index in [1.165, 1.54) is 14.8 Å². The van der Waals surface area contributed by atoms with Crippen molar-refractivity contribution in [1.82, 2.24) is 19.2 Å². The van der Waals surface area contributed by atoms with Gasteiger partial charge in [0.2, 0.25) is 11.6 Å². The number of rotatable bonds is 6. The van der Waals surface area contributed by atoms with Gasteiger partial charge in [0.05, 0.1) is 7.11 Å². The van der Waals surface area contributed by atoms with Gasteiger partial charge in [0.25, 0.3) is 0 Å². The molecule has 0 saturated carbocycles. The van der Waals surface area contributed by atoms with Crippen LogP contribution >= 0.6 is 0 Å². The molecular weight excluding hydrogens is 434 g/mol. The lowest BCUT2D eigenvalue weighted by molar-refractivity contribution is -0.117. The van der Waals surface area contributed by atoms with E-state index in [9.17, 15) is 9.59 Å². The van der Waals surface area contributed by atoms with E-state index in [0.29, 0.717) is 22.9 Å². The molecule has 10 heteroatoms. The van der Waals surface area contributed by atoms with Crippen LogP contribution in [0, 0.1) is 0 Å². The molecule has 0 radical (unpaired) electrons. The van der Waals surface area contributed by atoms with Crippen molar-refractivity contribution < 1.29 is 9.53 Å². The van der Waals surface area contributed by atoms with Crippen LogP contribution in [-0.2, 0) is 11.3 Å². The lowest BCUT2D eigenvalue weighted by Crippen LogP contribution is -2.47. The number of methoxy groups -OCH3 is 1. The maximum absolute atomic E-state index is 12.9. The quantitative estimate of drug-likeness (QED) is 0.470. The zero-order chi connectivity index (χ0) is 23.5.